The normalized spacial score (nSPS) is 12.5. The van der Waals surface area contributed by atoms with E-state index in [0.717, 1.165) is 0 Å². The van der Waals surface area contributed by atoms with E-state index in [1.165, 1.54) is 31.2 Å². The zero-order valence-corrected chi connectivity index (χ0v) is 8.08. The first-order chi connectivity index (χ1) is 7.00. The van der Waals surface area contributed by atoms with Gasteiger partial charge in [-0.25, -0.2) is 8.78 Å². The number of hydrogen-bond donors (Lipinski definition) is 2. The highest BCUT2D eigenvalue weighted by Gasteiger charge is 2.10. The topological polar surface area (TPSA) is 49.3 Å². The Morgan fingerprint density at radius 1 is 1.33 bits per heavy atom. The Labute approximate surface area is 85.7 Å². The first kappa shape index (κ1) is 11.4. The third kappa shape index (κ3) is 3.19. The van der Waals surface area contributed by atoms with Crippen molar-refractivity contribution in [3.63, 3.8) is 0 Å². The van der Waals surface area contributed by atoms with Gasteiger partial charge in [-0.15, -0.1) is 0 Å². The van der Waals surface area contributed by atoms with Crippen LogP contribution in [0.2, 0.25) is 0 Å². The average Bonchev–Trinajstić information content (AvgIpc) is 2.18. The molecule has 0 aliphatic rings. The summed E-state index contributed by atoms with van der Waals surface area (Å²) in [6.07, 6.45) is -2.50. The van der Waals surface area contributed by atoms with Crippen LogP contribution in [0, 0.1) is 0 Å². The monoisotopic (exact) mass is 215 g/mol. The Bertz CT molecular complexity index is 338. The van der Waals surface area contributed by atoms with Gasteiger partial charge in [0.2, 0.25) is 0 Å². The van der Waals surface area contributed by atoms with Crippen molar-refractivity contribution < 1.29 is 18.7 Å². The molecule has 0 radical (unpaired) electrons. The van der Waals surface area contributed by atoms with Crippen LogP contribution >= 0.6 is 0 Å². The molecule has 0 amide bonds. The van der Waals surface area contributed by atoms with E-state index >= 15 is 0 Å². The third-order valence-corrected chi connectivity index (χ3v) is 1.92. The van der Waals surface area contributed by atoms with Crippen LogP contribution in [0.4, 0.5) is 14.5 Å². The van der Waals surface area contributed by atoms with Crippen LogP contribution in [0.15, 0.2) is 24.3 Å². The second kappa shape index (κ2) is 4.72. The number of anilines is 1. The smallest absolute Gasteiger partial charge is 0.325 e. The molecule has 0 aliphatic carbocycles. The molecule has 0 fully saturated rings. The second-order valence-corrected chi connectivity index (χ2v) is 3.13. The maximum absolute atomic E-state index is 12.2. The predicted molar refractivity (Wildman–Crippen MR) is 52.1 cm³/mol. The van der Waals surface area contributed by atoms with E-state index < -0.39 is 18.4 Å². The van der Waals surface area contributed by atoms with Gasteiger partial charge in [0.15, 0.2) is 0 Å². The molecule has 0 saturated heterocycles. The summed E-state index contributed by atoms with van der Waals surface area (Å²) in [6.45, 7) is 1.48. The lowest BCUT2D eigenvalue weighted by Crippen LogP contribution is -2.25. The number of carbonyl (C=O) groups is 1. The Balaban J connectivity index is 2.68. The molecule has 3 nitrogen and oxygen atoms in total. The summed E-state index contributed by atoms with van der Waals surface area (Å²) in [6, 6.07) is 4.65. The van der Waals surface area contributed by atoms with E-state index in [2.05, 4.69) is 5.32 Å². The molecular formula is C10H11F2NO2. The van der Waals surface area contributed by atoms with Crippen LogP contribution < -0.4 is 5.32 Å². The first-order valence-corrected chi connectivity index (χ1v) is 4.38. The van der Waals surface area contributed by atoms with Crippen molar-refractivity contribution in [2.75, 3.05) is 5.32 Å². The lowest BCUT2D eigenvalue weighted by atomic mass is 10.2. The van der Waals surface area contributed by atoms with E-state index in [-0.39, 0.29) is 5.56 Å². The molecule has 15 heavy (non-hydrogen) atoms. The molecule has 1 aromatic rings. The van der Waals surface area contributed by atoms with Gasteiger partial charge in [0, 0.05) is 11.3 Å². The SMILES string of the molecule is CC(Nc1ccc(C(F)F)cc1)C(=O)O. The highest BCUT2D eigenvalue weighted by molar-refractivity contribution is 5.76. The number of rotatable bonds is 4. The molecule has 5 heteroatoms. The molecule has 0 spiro atoms. The van der Waals surface area contributed by atoms with Crippen molar-refractivity contribution in [3.05, 3.63) is 29.8 Å². The second-order valence-electron chi connectivity index (χ2n) is 3.13. The summed E-state index contributed by atoms with van der Waals surface area (Å²) >= 11 is 0. The lowest BCUT2D eigenvalue weighted by molar-refractivity contribution is -0.137. The van der Waals surface area contributed by atoms with Crippen LogP contribution in [-0.4, -0.2) is 17.1 Å². The number of carboxylic acid groups (broad SMARTS) is 1. The van der Waals surface area contributed by atoms with E-state index in [4.69, 9.17) is 5.11 Å². The van der Waals surface area contributed by atoms with Gasteiger partial charge in [-0.2, -0.15) is 0 Å². The fraction of sp³-hybridized carbons (Fsp3) is 0.300. The van der Waals surface area contributed by atoms with Gasteiger partial charge in [-0.1, -0.05) is 12.1 Å². The number of hydrogen-bond acceptors (Lipinski definition) is 2. The van der Waals surface area contributed by atoms with E-state index in [0.29, 0.717) is 5.69 Å². The largest absolute Gasteiger partial charge is 0.480 e. The van der Waals surface area contributed by atoms with E-state index in [9.17, 15) is 13.6 Å². The molecular weight excluding hydrogens is 204 g/mol. The molecule has 0 aliphatic heterocycles. The summed E-state index contributed by atoms with van der Waals surface area (Å²) in [7, 11) is 0. The minimum atomic E-state index is -2.50. The molecule has 0 heterocycles. The number of carboxylic acids is 1. The lowest BCUT2D eigenvalue weighted by Gasteiger charge is -2.10. The molecule has 1 aromatic carbocycles. The van der Waals surface area contributed by atoms with Crippen LogP contribution in [0.25, 0.3) is 0 Å². The van der Waals surface area contributed by atoms with E-state index in [1.54, 1.807) is 0 Å². The van der Waals surface area contributed by atoms with Gasteiger partial charge in [-0.3, -0.25) is 4.79 Å². The zero-order chi connectivity index (χ0) is 11.4. The maximum Gasteiger partial charge on any atom is 0.325 e. The Morgan fingerprint density at radius 3 is 2.27 bits per heavy atom. The number of benzene rings is 1. The van der Waals surface area contributed by atoms with Crippen LogP contribution in [0.5, 0.6) is 0 Å². The van der Waals surface area contributed by atoms with Crippen molar-refractivity contribution in [1.29, 1.82) is 0 Å². The summed E-state index contributed by atoms with van der Waals surface area (Å²) in [4.78, 5) is 10.5. The van der Waals surface area contributed by atoms with Crippen molar-refractivity contribution >= 4 is 11.7 Å². The first-order valence-electron chi connectivity index (χ1n) is 4.38. The molecule has 0 bridgehead atoms. The molecule has 1 rings (SSSR count). The number of aliphatic carboxylic acids is 1. The van der Waals surface area contributed by atoms with Crippen molar-refractivity contribution in [3.8, 4) is 0 Å². The van der Waals surface area contributed by atoms with Crippen molar-refractivity contribution in [1.82, 2.24) is 0 Å². The highest BCUT2D eigenvalue weighted by Crippen LogP contribution is 2.20. The van der Waals surface area contributed by atoms with Crippen molar-refractivity contribution in [2.24, 2.45) is 0 Å². The fourth-order valence-electron chi connectivity index (χ4n) is 1.04. The zero-order valence-electron chi connectivity index (χ0n) is 8.08. The molecule has 1 unspecified atom stereocenters. The minimum Gasteiger partial charge on any atom is -0.480 e. The molecule has 2 N–H and O–H groups in total. The Morgan fingerprint density at radius 2 is 1.87 bits per heavy atom. The van der Waals surface area contributed by atoms with Crippen LogP contribution in [0.1, 0.15) is 18.9 Å². The average molecular weight is 215 g/mol. The van der Waals surface area contributed by atoms with Gasteiger partial charge in [0.05, 0.1) is 0 Å². The molecule has 82 valence electrons. The van der Waals surface area contributed by atoms with Gasteiger partial charge >= 0.3 is 5.97 Å². The van der Waals surface area contributed by atoms with Gasteiger partial charge in [0.25, 0.3) is 6.43 Å². The molecule has 0 saturated carbocycles. The standard InChI is InChI=1S/C10H11F2NO2/c1-6(10(14)15)13-8-4-2-7(3-5-8)9(11)12/h2-6,9,13H,1H3,(H,14,15). The summed E-state index contributed by atoms with van der Waals surface area (Å²) in [5, 5.41) is 11.3. The van der Waals surface area contributed by atoms with E-state index in [1.807, 2.05) is 0 Å². The Hall–Kier alpha value is -1.65. The Kier molecular flexibility index (Phi) is 3.60. The number of nitrogens with one attached hydrogen (secondary N) is 1. The summed E-state index contributed by atoms with van der Waals surface area (Å²) in [5.41, 5.74) is 0.429. The number of halogens is 2. The maximum atomic E-state index is 12.2. The van der Waals surface area contributed by atoms with Crippen molar-refractivity contribution in [2.45, 2.75) is 19.4 Å². The minimum absolute atomic E-state index is 0.0801. The highest BCUT2D eigenvalue weighted by atomic mass is 19.3. The number of alkyl halides is 2. The molecule has 1 atom stereocenters. The third-order valence-electron chi connectivity index (χ3n) is 1.92. The van der Waals surface area contributed by atoms with Crippen LogP contribution in [-0.2, 0) is 4.79 Å². The van der Waals surface area contributed by atoms with Gasteiger partial charge in [0.1, 0.15) is 6.04 Å². The molecule has 0 aromatic heterocycles. The summed E-state index contributed by atoms with van der Waals surface area (Å²) in [5.74, 6) is -0.993. The summed E-state index contributed by atoms with van der Waals surface area (Å²) < 4.78 is 24.3. The van der Waals surface area contributed by atoms with Gasteiger partial charge < -0.3 is 10.4 Å². The quantitative estimate of drug-likeness (QED) is 0.811. The van der Waals surface area contributed by atoms with Crippen LogP contribution in [0.3, 0.4) is 0 Å². The van der Waals surface area contributed by atoms with Gasteiger partial charge in [-0.05, 0) is 19.1 Å². The fourth-order valence-corrected chi connectivity index (χ4v) is 1.04. The predicted octanol–water partition coefficient (Wildman–Crippen LogP) is 2.51.